The third-order valence-corrected chi connectivity index (χ3v) is 2.74. The summed E-state index contributed by atoms with van der Waals surface area (Å²) in [5.74, 6) is 0.782. The van der Waals surface area contributed by atoms with Gasteiger partial charge in [-0.1, -0.05) is 12.1 Å². The van der Waals surface area contributed by atoms with E-state index in [1.165, 1.54) is 0 Å². The van der Waals surface area contributed by atoms with Gasteiger partial charge in [0.05, 0.1) is 20.1 Å². The monoisotopic (exact) mass is 266 g/mol. The van der Waals surface area contributed by atoms with E-state index in [4.69, 9.17) is 15.2 Å². The summed E-state index contributed by atoms with van der Waals surface area (Å²) in [5.41, 5.74) is 6.72. The molecule has 0 aliphatic heterocycles. The second-order valence-electron chi connectivity index (χ2n) is 4.38. The molecule has 1 unspecified atom stereocenters. The highest BCUT2D eigenvalue weighted by molar-refractivity contribution is 5.78. The Labute approximate surface area is 114 Å². The molecule has 1 atom stereocenters. The van der Waals surface area contributed by atoms with Crippen molar-refractivity contribution in [1.29, 1.82) is 0 Å². The highest BCUT2D eigenvalue weighted by atomic mass is 16.5. The summed E-state index contributed by atoms with van der Waals surface area (Å²) in [6.07, 6.45) is 1.08. The smallest absolute Gasteiger partial charge is 0.224 e. The molecule has 106 valence electrons. The predicted octanol–water partition coefficient (Wildman–Crippen LogP) is 0.718. The number of carbonyl (C=O) groups excluding carboxylic acids is 1. The fourth-order valence-corrected chi connectivity index (χ4v) is 1.69. The van der Waals surface area contributed by atoms with Gasteiger partial charge in [0.25, 0.3) is 0 Å². The molecule has 5 heteroatoms. The Hall–Kier alpha value is -1.59. The summed E-state index contributed by atoms with van der Waals surface area (Å²) in [6, 6.07) is 7.42. The average molecular weight is 266 g/mol. The first-order valence-corrected chi connectivity index (χ1v) is 6.30. The van der Waals surface area contributed by atoms with E-state index in [9.17, 15) is 4.79 Å². The van der Waals surface area contributed by atoms with E-state index in [1.54, 1.807) is 14.2 Å². The minimum absolute atomic E-state index is 0.00483. The molecule has 0 spiro atoms. The molecule has 3 N–H and O–H groups in total. The third-order valence-electron chi connectivity index (χ3n) is 2.74. The van der Waals surface area contributed by atoms with Crippen molar-refractivity contribution in [2.75, 3.05) is 27.4 Å². The number of carbonyl (C=O) groups is 1. The van der Waals surface area contributed by atoms with E-state index in [-0.39, 0.29) is 11.9 Å². The fourth-order valence-electron chi connectivity index (χ4n) is 1.69. The summed E-state index contributed by atoms with van der Waals surface area (Å²) in [4.78, 5) is 11.7. The quantitative estimate of drug-likeness (QED) is 0.727. The van der Waals surface area contributed by atoms with Crippen molar-refractivity contribution >= 4 is 5.91 Å². The van der Waals surface area contributed by atoms with Crippen molar-refractivity contribution in [2.45, 2.75) is 18.9 Å². The molecule has 1 amide bonds. The van der Waals surface area contributed by atoms with Crippen LogP contribution in [0.15, 0.2) is 24.3 Å². The Morgan fingerprint density at radius 1 is 1.32 bits per heavy atom. The van der Waals surface area contributed by atoms with Crippen molar-refractivity contribution < 1.29 is 14.3 Å². The van der Waals surface area contributed by atoms with Crippen molar-refractivity contribution in [2.24, 2.45) is 5.73 Å². The lowest BCUT2D eigenvalue weighted by atomic mass is 10.1. The molecular formula is C14H22N2O3. The van der Waals surface area contributed by atoms with E-state index in [1.807, 2.05) is 24.3 Å². The zero-order valence-corrected chi connectivity index (χ0v) is 11.5. The van der Waals surface area contributed by atoms with E-state index in [0.717, 1.165) is 11.3 Å². The van der Waals surface area contributed by atoms with Crippen molar-refractivity contribution in [3.05, 3.63) is 29.8 Å². The number of nitrogens with two attached hydrogens (primary N) is 1. The first-order chi connectivity index (χ1) is 9.15. The molecule has 1 aromatic rings. The molecule has 0 aliphatic carbocycles. The van der Waals surface area contributed by atoms with Crippen LogP contribution in [0, 0.1) is 0 Å². The van der Waals surface area contributed by atoms with Gasteiger partial charge in [0.15, 0.2) is 0 Å². The van der Waals surface area contributed by atoms with Crippen molar-refractivity contribution in [3.63, 3.8) is 0 Å². The lowest BCUT2D eigenvalue weighted by molar-refractivity contribution is -0.120. The van der Waals surface area contributed by atoms with Crippen LogP contribution in [0.2, 0.25) is 0 Å². The van der Waals surface area contributed by atoms with E-state index in [0.29, 0.717) is 26.0 Å². The third kappa shape index (κ3) is 6.22. The predicted molar refractivity (Wildman–Crippen MR) is 74.2 cm³/mol. The number of rotatable bonds is 8. The summed E-state index contributed by atoms with van der Waals surface area (Å²) >= 11 is 0. The molecule has 0 saturated carbocycles. The molecule has 5 nitrogen and oxygen atoms in total. The number of benzene rings is 1. The summed E-state index contributed by atoms with van der Waals surface area (Å²) < 4.78 is 9.99. The summed E-state index contributed by atoms with van der Waals surface area (Å²) in [6.45, 7) is 1.08. The number of amides is 1. The topological polar surface area (TPSA) is 73.6 Å². The molecule has 0 aromatic heterocycles. The molecule has 1 rings (SSSR count). The maximum atomic E-state index is 11.7. The van der Waals surface area contributed by atoms with Gasteiger partial charge in [-0.05, 0) is 24.1 Å². The highest BCUT2D eigenvalue weighted by Crippen LogP contribution is 2.11. The summed E-state index contributed by atoms with van der Waals surface area (Å²) in [7, 11) is 3.23. The van der Waals surface area contributed by atoms with Gasteiger partial charge in [0.1, 0.15) is 5.75 Å². The molecule has 0 radical (unpaired) electrons. The average Bonchev–Trinajstić information content (AvgIpc) is 2.40. The Morgan fingerprint density at radius 3 is 2.58 bits per heavy atom. The largest absolute Gasteiger partial charge is 0.497 e. The van der Waals surface area contributed by atoms with Crippen LogP contribution >= 0.6 is 0 Å². The molecule has 0 aliphatic rings. The Bertz CT molecular complexity index is 379. The van der Waals surface area contributed by atoms with Gasteiger partial charge in [-0.3, -0.25) is 4.79 Å². The fraction of sp³-hybridized carbons (Fsp3) is 0.500. The lowest BCUT2D eigenvalue weighted by Gasteiger charge is -2.11. The standard InChI is InChI=1S/C14H22N2O3/c1-18-10-12(15)7-8-16-14(17)9-11-3-5-13(19-2)6-4-11/h3-6,12H,7-10,15H2,1-2H3,(H,16,17). The van der Waals surface area contributed by atoms with Gasteiger partial charge in [0, 0.05) is 19.7 Å². The van der Waals surface area contributed by atoms with Crippen LogP contribution in [0.3, 0.4) is 0 Å². The minimum Gasteiger partial charge on any atom is -0.497 e. The van der Waals surface area contributed by atoms with E-state index in [2.05, 4.69) is 5.32 Å². The van der Waals surface area contributed by atoms with Crippen LogP contribution in [0.4, 0.5) is 0 Å². The maximum Gasteiger partial charge on any atom is 0.224 e. The molecule has 0 saturated heterocycles. The van der Waals surface area contributed by atoms with Crippen molar-refractivity contribution in [3.8, 4) is 5.75 Å². The highest BCUT2D eigenvalue weighted by Gasteiger charge is 2.05. The molecular weight excluding hydrogens is 244 g/mol. The normalized spacial score (nSPS) is 11.9. The van der Waals surface area contributed by atoms with Crippen LogP contribution < -0.4 is 15.8 Å². The van der Waals surface area contributed by atoms with E-state index >= 15 is 0 Å². The van der Waals surface area contributed by atoms with Crippen molar-refractivity contribution in [1.82, 2.24) is 5.32 Å². The number of hydrogen-bond acceptors (Lipinski definition) is 4. The number of nitrogens with one attached hydrogen (secondary N) is 1. The summed E-state index contributed by atoms with van der Waals surface area (Å²) in [5, 5.41) is 2.84. The molecule has 0 heterocycles. The number of ether oxygens (including phenoxy) is 2. The molecule has 19 heavy (non-hydrogen) atoms. The molecule has 0 fully saturated rings. The zero-order valence-electron chi connectivity index (χ0n) is 11.5. The SMILES string of the molecule is COCC(N)CCNC(=O)Cc1ccc(OC)cc1. The van der Waals surface area contributed by atoms with Gasteiger partial charge in [-0.25, -0.2) is 0 Å². The zero-order chi connectivity index (χ0) is 14.1. The first-order valence-electron chi connectivity index (χ1n) is 6.30. The van der Waals surface area contributed by atoms with Gasteiger partial charge in [0.2, 0.25) is 5.91 Å². The van der Waals surface area contributed by atoms with Gasteiger partial charge in [-0.2, -0.15) is 0 Å². The van der Waals surface area contributed by atoms with Crippen LogP contribution in [0.1, 0.15) is 12.0 Å². The van der Waals surface area contributed by atoms with Gasteiger partial charge < -0.3 is 20.5 Å². The Kier molecular flexibility index (Phi) is 6.92. The lowest BCUT2D eigenvalue weighted by Crippen LogP contribution is -2.33. The molecule has 0 bridgehead atoms. The number of methoxy groups -OCH3 is 2. The van der Waals surface area contributed by atoms with Crippen LogP contribution in [-0.4, -0.2) is 39.3 Å². The number of hydrogen-bond donors (Lipinski definition) is 2. The van der Waals surface area contributed by atoms with E-state index < -0.39 is 0 Å². The second-order valence-corrected chi connectivity index (χ2v) is 4.38. The Balaban J connectivity index is 2.26. The Morgan fingerprint density at radius 2 is 2.00 bits per heavy atom. The van der Waals surface area contributed by atoms with Gasteiger partial charge >= 0.3 is 0 Å². The minimum atomic E-state index is -0.0358. The maximum absolute atomic E-state index is 11.7. The first kappa shape index (κ1) is 15.5. The van der Waals surface area contributed by atoms with Gasteiger partial charge in [-0.15, -0.1) is 0 Å². The van der Waals surface area contributed by atoms with Crippen LogP contribution in [0.25, 0.3) is 0 Å². The second kappa shape index (κ2) is 8.50. The molecule has 1 aromatic carbocycles. The van der Waals surface area contributed by atoms with Crippen LogP contribution in [-0.2, 0) is 16.0 Å². The van der Waals surface area contributed by atoms with Crippen LogP contribution in [0.5, 0.6) is 5.75 Å².